The highest BCUT2D eigenvalue weighted by atomic mass is 16.2. The lowest BCUT2D eigenvalue weighted by atomic mass is 10.0. The third-order valence-corrected chi connectivity index (χ3v) is 10.5. The summed E-state index contributed by atoms with van der Waals surface area (Å²) in [4.78, 5) is 51.6. The van der Waals surface area contributed by atoms with Gasteiger partial charge < -0.3 is 19.8 Å². The van der Waals surface area contributed by atoms with Gasteiger partial charge in [0, 0.05) is 15.9 Å². The second-order valence-electron chi connectivity index (χ2n) is 15.5. The Morgan fingerprint density at radius 1 is 0.552 bits per heavy atom. The minimum absolute atomic E-state index is 0. The highest BCUT2D eigenvalue weighted by Crippen LogP contribution is 2.26. The van der Waals surface area contributed by atoms with Crippen molar-refractivity contribution in [1.82, 2.24) is 39.5 Å². The van der Waals surface area contributed by atoms with E-state index < -0.39 is 0 Å². The van der Waals surface area contributed by atoms with Crippen LogP contribution in [0.5, 0.6) is 0 Å². The summed E-state index contributed by atoms with van der Waals surface area (Å²) in [6, 6.07) is 36.4. The van der Waals surface area contributed by atoms with E-state index in [9.17, 15) is 9.59 Å². The Balaban J connectivity index is 0.00000397. The maximum absolute atomic E-state index is 13.8. The van der Waals surface area contributed by atoms with E-state index in [0.29, 0.717) is 26.2 Å². The van der Waals surface area contributed by atoms with Gasteiger partial charge in [-0.05, 0) is 87.3 Å². The Morgan fingerprint density at radius 3 is 1.24 bits per heavy atom. The largest absolute Gasteiger partial charge is 0.341 e. The van der Waals surface area contributed by atoms with Crippen LogP contribution >= 0.6 is 0 Å². The molecule has 0 aliphatic heterocycles. The fraction of sp³-hybridized carbons (Fsp3) is 0.333. The van der Waals surface area contributed by atoms with E-state index in [1.54, 1.807) is 0 Å². The van der Waals surface area contributed by atoms with Crippen LogP contribution in [0.2, 0.25) is 0 Å². The molecule has 0 bridgehead atoms. The van der Waals surface area contributed by atoms with E-state index >= 15 is 0 Å². The van der Waals surface area contributed by atoms with Crippen molar-refractivity contribution in [2.45, 2.75) is 64.7 Å². The molecule has 0 radical (unpaired) electrons. The van der Waals surface area contributed by atoms with Gasteiger partial charge in [0.15, 0.2) is 0 Å². The minimum atomic E-state index is -0.356. The van der Waals surface area contributed by atoms with E-state index in [1.807, 2.05) is 121 Å². The molecule has 2 heterocycles. The third kappa shape index (κ3) is 10.6. The van der Waals surface area contributed by atoms with Gasteiger partial charge in [-0.1, -0.05) is 123 Å². The number of H-pyrrole nitrogens is 2. The zero-order valence-corrected chi connectivity index (χ0v) is 34.9. The van der Waals surface area contributed by atoms with Crippen molar-refractivity contribution in [3.05, 3.63) is 155 Å². The zero-order chi connectivity index (χ0) is 41.0. The molecule has 0 spiro atoms. The minimum Gasteiger partial charge on any atom is -0.341 e. The van der Waals surface area contributed by atoms with Crippen LogP contribution in [0.4, 0.5) is 0 Å². The number of amides is 2. The van der Waals surface area contributed by atoms with Gasteiger partial charge in [0.05, 0.1) is 36.9 Å². The van der Waals surface area contributed by atoms with Crippen molar-refractivity contribution in [1.29, 1.82) is 0 Å². The first kappa shape index (κ1) is 41.8. The Bertz CT molecular complexity index is 2030. The molecule has 58 heavy (non-hydrogen) atoms. The summed E-state index contributed by atoms with van der Waals surface area (Å²) in [5, 5.41) is 0. The fourth-order valence-corrected chi connectivity index (χ4v) is 7.55. The lowest BCUT2D eigenvalue weighted by molar-refractivity contribution is -0.138. The second-order valence-corrected chi connectivity index (χ2v) is 15.5. The van der Waals surface area contributed by atoms with Crippen LogP contribution in [0, 0.1) is 0 Å². The number of rotatable bonds is 19. The molecule has 2 aromatic heterocycles. The average molecular weight is 783 g/mol. The monoisotopic (exact) mass is 782 g/mol. The molecule has 0 unspecified atom stereocenters. The predicted octanol–water partition coefficient (Wildman–Crippen LogP) is 8.83. The molecule has 2 amide bonds. The molecule has 306 valence electrons. The average Bonchev–Trinajstić information content (AvgIpc) is 3.91. The van der Waals surface area contributed by atoms with Crippen molar-refractivity contribution in [2.24, 2.45) is 0 Å². The summed E-state index contributed by atoms with van der Waals surface area (Å²) in [6.45, 7) is 6.35. The van der Waals surface area contributed by atoms with Gasteiger partial charge in [-0.2, -0.15) is 0 Å². The first-order valence-corrected chi connectivity index (χ1v) is 20.4. The number of nitrogens with zero attached hydrogens (tertiary/aromatic N) is 6. The number of imidazole rings is 2. The molecule has 10 nitrogen and oxygen atoms in total. The first-order valence-electron chi connectivity index (χ1n) is 20.4. The lowest BCUT2D eigenvalue weighted by Gasteiger charge is -2.30. The number of aryl methyl sites for hydroxylation is 2. The van der Waals surface area contributed by atoms with Gasteiger partial charge in [-0.15, -0.1) is 0 Å². The smallest absolute Gasteiger partial charge is 0.244 e. The summed E-state index contributed by atoms with van der Waals surface area (Å²) in [7, 11) is 7.80. The molecular formula is C48H62N8O2. The molecule has 0 aliphatic carbocycles. The Hall–Kier alpha value is -5.84. The molecule has 2 N–H and O–H groups in total. The zero-order valence-electron chi connectivity index (χ0n) is 34.9. The Morgan fingerprint density at radius 2 is 0.914 bits per heavy atom. The molecular weight excluding hydrogens is 721 g/mol. The maximum atomic E-state index is 13.8. The van der Waals surface area contributed by atoms with Crippen LogP contribution in [-0.2, 0) is 35.5 Å². The first-order chi connectivity index (χ1) is 28.1. The Kier molecular flexibility index (Phi) is 14.4. The Labute approximate surface area is 346 Å². The predicted molar refractivity (Wildman–Crippen MR) is 237 cm³/mol. The quantitative estimate of drug-likeness (QED) is 0.0852. The topological polar surface area (TPSA) is 104 Å². The van der Waals surface area contributed by atoms with Gasteiger partial charge in [0.1, 0.15) is 23.7 Å². The molecule has 0 fully saturated rings. The molecule has 6 aromatic rings. The van der Waals surface area contributed by atoms with Crippen LogP contribution in [0.1, 0.15) is 75.5 Å². The van der Waals surface area contributed by atoms with E-state index in [-0.39, 0.29) is 26.8 Å². The summed E-state index contributed by atoms with van der Waals surface area (Å²) < 4.78 is 0. The molecule has 2 atom stereocenters. The number of carbonyl (C=O) groups is 2. The molecule has 6 rings (SSSR count). The number of benzene rings is 4. The molecule has 0 aliphatic rings. The van der Waals surface area contributed by atoms with Crippen LogP contribution < -0.4 is 0 Å². The van der Waals surface area contributed by atoms with E-state index in [1.165, 1.54) is 11.1 Å². The van der Waals surface area contributed by atoms with Gasteiger partial charge in [0.2, 0.25) is 11.8 Å². The summed E-state index contributed by atoms with van der Waals surface area (Å²) in [5.74, 6) is 1.68. The van der Waals surface area contributed by atoms with Crippen molar-refractivity contribution in [3.63, 3.8) is 0 Å². The number of carbonyl (C=O) groups excluding carboxylic acids is 2. The van der Waals surface area contributed by atoms with Crippen LogP contribution in [0.3, 0.4) is 0 Å². The van der Waals surface area contributed by atoms with Crippen molar-refractivity contribution in [2.75, 3.05) is 41.3 Å². The van der Waals surface area contributed by atoms with Crippen LogP contribution in [0.15, 0.2) is 122 Å². The van der Waals surface area contributed by atoms with Gasteiger partial charge in [0.25, 0.3) is 0 Å². The number of likely N-dealkylation sites (N-methyl/N-ethyl adjacent to an activating group) is 2. The van der Waals surface area contributed by atoms with Crippen molar-refractivity contribution >= 4 is 11.8 Å². The number of aromatic nitrogens is 4. The van der Waals surface area contributed by atoms with E-state index in [0.717, 1.165) is 71.0 Å². The summed E-state index contributed by atoms with van der Waals surface area (Å²) >= 11 is 0. The van der Waals surface area contributed by atoms with Gasteiger partial charge >= 0.3 is 0 Å². The SMILES string of the molecule is CCCN(Cc1ncc(-c2ccc(CCc3ccc(-c4cnc(CN(CCC)C(=O)[C@@H](c5ccccc5)N(C)C)[nH]4)cc3)cc2)[nH]1)C(=O)[C@@H](c1ccccc1)N(C)C.[HH].[HH]. The van der Waals surface area contributed by atoms with Gasteiger partial charge in [-0.25, -0.2) is 9.97 Å². The summed E-state index contributed by atoms with van der Waals surface area (Å²) in [6.07, 6.45) is 7.28. The fourth-order valence-electron chi connectivity index (χ4n) is 7.55. The standard InChI is InChI=1S/C48H58N8O2.2H2/c1-7-29-55(47(57)45(53(3)4)39-15-11-9-12-16-39)33-43-49-31-41(51-43)37-25-21-35(22-26-37)19-20-36-23-27-38(28-24-36)42-32-50-44(52-42)34-56(30-8-2)48(58)46(54(5)6)40-17-13-10-14-18-40;;/h9-18,21-28,31-32,45-46H,7-8,19-20,29-30,33-34H2,1-6H3,(H,49,51)(H,50,52);2*1H/t45-,46-;;/m1../s1. The molecule has 0 saturated heterocycles. The highest BCUT2D eigenvalue weighted by Gasteiger charge is 2.29. The molecule has 4 aromatic carbocycles. The van der Waals surface area contributed by atoms with Crippen molar-refractivity contribution in [3.8, 4) is 22.5 Å². The molecule has 10 heteroatoms. The number of nitrogens with one attached hydrogen (secondary N) is 2. The highest BCUT2D eigenvalue weighted by molar-refractivity contribution is 5.84. The number of hydrogen-bond donors (Lipinski definition) is 2. The van der Waals surface area contributed by atoms with E-state index in [4.69, 9.17) is 0 Å². The van der Waals surface area contributed by atoms with Crippen molar-refractivity contribution < 1.29 is 12.4 Å². The van der Waals surface area contributed by atoms with Gasteiger partial charge in [-0.3, -0.25) is 19.4 Å². The second kappa shape index (κ2) is 20.0. The van der Waals surface area contributed by atoms with Crippen LogP contribution in [0.25, 0.3) is 22.5 Å². The normalized spacial score (nSPS) is 12.5. The lowest BCUT2D eigenvalue weighted by Crippen LogP contribution is -2.40. The van der Waals surface area contributed by atoms with Crippen LogP contribution in [-0.4, -0.2) is 92.6 Å². The van der Waals surface area contributed by atoms with E-state index in [2.05, 4.69) is 82.3 Å². The number of hydrogen-bond acceptors (Lipinski definition) is 6. The number of aromatic amines is 2. The summed E-state index contributed by atoms with van der Waals surface area (Å²) in [5.41, 5.74) is 8.48. The third-order valence-electron chi connectivity index (χ3n) is 10.5. The molecule has 0 saturated carbocycles. The maximum Gasteiger partial charge on any atom is 0.244 e.